The molecule has 0 amide bonds. The van der Waals surface area contributed by atoms with E-state index in [1.807, 2.05) is 44.2 Å². The van der Waals surface area contributed by atoms with Gasteiger partial charge in [-0.05, 0) is 87.4 Å². The maximum absolute atomic E-state index is 5.87. The van der Waals surface area contributed by atoms with E-state index in [-0.39, 0.29) is 0 Å². The number of nitrogens with zero attached hydrogens (tertiary/aromatic N) is 4. The third-order valence-electron chi connectivity index (χ3n) is 5.03. The zero-order valence-electron chi connectivity index (χ0n) is 16.9. The highest BCUT2D eigenvalue weighted by Crippen LogP contribution is 2.25. The summed E-state index contributed by atoms with van der Waals surface area (Å²) in [6, 6.07) is 12.0. The Labute approximate surface area is 167 Å². The number of ether oxygens (including phenoxy) is 1. The lowest BCUT2D eigenvalue weighted by atomic mass is 9.92. The van der Waals surface area contributed by atoms with E-state index in [0.717, 1.165) is 54.9 Å². The van der Waals surface area contributed by atoms with Crippen LogP contribution in [0.2, 0.25) is 0 Å². The van der Waals surface area contributed by atoms with Gasteiger partial charge < -0.3 is 14.5 Å². The van der Waals surface area contributed by atoms with E-state index in [0.29, 0.717) is 6.61 Å². The number of rotatable bonds is 9. The molecule has 28 heavy (non-hydrogen) atoms. The lowest BCUT2D eigenvalue weighted by molar-refractivity contribution is 0.160. The molecule has 0 N–H and O–H groups in total. The Balaban J connectivity index is 1.32. The molecule has 1 aromatic heterocycles. The van der Waals surface area contributed by atoms with Crippen LogP contribution in [0, 0.1) is 12.8 Å². The first-order valence-corrected chi connectivity index (χ1v) is 10.2. The van der Waals surface area contributed by atoms with E-state index < -0.39 is 0 Å². The van der Waals surface area contributed by atoms with Crippen LogP contribution >= 0.6 is 0 Å². The SMILES string of the molecule is CCO/N=C/c1ccc(OCCCC2CCN(c3ccc(C)nn3)CC2)cc1. The molecule has 3 rings (SSSR count). The Morgan fingerprint density at radius 2 is 1.89 bits per heavy atom. The van der Waals surface area contributed by atoms with Crippen LogP contribution < -0.4 is 9.64 Å². The minimum Gasteiger partial charge on any atom is -0.494 e. The van der Waals surface area contributed by atoms with Crippen molar-refractivity contribution in [2.24, 2.45) is 11.1 Å². The van der Waals surface area contributed by atoms with Crippen LogP contribution in [0.1, 0.15) is 43.9 Å². The van der Waals surface area contributed by atoms with E-state index in [1.54, 1.807) is 6.21 Å². The second kappa shape index (κ2) is 10.6. The first-order valence-electron chi connectivity index (χ1n) is 10.2. The fourth-order valence-electron chi connectivity index (χ4n) is 3.40. The number of anilines is 1. The fourth-order valence-corrected chi connectivity index (χ4v) is 3.40. The third kappa shape index (κ3) is 6.22. The quantitative estimate of drug-likeness (QED) is 0.369. The van der Waals surface area contributed by atoms with E-state index in [9.17, 15) is 0 Å². The van der Waals surface area contributed by atoms with Gasteiger partial charge in [0.1, 0.15) is 12.4 Å². The van der Waals surface area contributed by atoms with Gasteiger partial charge in [0.05, 0.1) is 18.5 Å². The maximum atomic E-state index is 5.87. The van der Waals surface area contributed by atoms with Crippen molar-refractivity contribution in [3.05, 3.63) is 47.7 Å². The summed E-state index contributed by atoms with van der Waals surface area (Å²) in [5.41, 5.74) is 1.97. The first kappa shape index (κ1) is 20.1. The average molecular weight is 383 g/mol. The molecular formula is C22H30N4O2. The van der Waals surface area contributed by atoms with Gasteiger partial charge >= 0.3 is 0 Å². The zero-order valence-corrected chi connectivity index (χ0v) is 16.9. The molecule has 0 aliphatic carbocycles. The van der Waals surface area contributed by atoms with Gasteiger partial charge in [0.2, 0.25) is 0 Å². The fraction of sp³-hybridized carbons (Fsp3) is 0.500. The van der Waals surface area contributed by atoms with E-state index in [2.05, 4.69) is 26.3 Å². The molecule has 1 fully saturated rings. The van der Waals surface area contributed by atoms with Crippen molar-refractivity contribution in [1.82, 2.24) is 10.2 Å². The van der Waals surface area contributed by atoms with Crippen molar-refractivity contribution >= 4 is 12.0 Å². The predicted octanol–water partition coefficient (Wildman–Crippen LogP) is 4.23. The number of hydrogen-bond acceptors (Lipinski definition) is 6. The lowest BCUT2D eigenvalue weighted by Gasteiger charge is -2.32. The Bertz CT molecular complexity index is 723. The summed E-state index contributed by atoms with van der Waals surface area (Å²) in [6.07, 6.45) is 6.43. The Hall–Kier alpha value is -2.63. The molecule has 6 nitrogen and oxygen atoms in total. The van der Waals surface area contributed by atoms with Crippen LogP contribution in [0.25, 0.3) is 0 Å². The summed E-state index contributed by atoms with van der Waals surface area (Å²) in [4.78, 5) is 7.31. The Morgan fingerprint density at radius 3 is 2.57 bits per heavy atom. The summed E-state index contributed by atoms with van der Waals surface area (Å²) < 4.78 is 5.87. The summed E-state index contributed by atoms with van der Waals surface area (Å²) in [6.45, 7) is 7.35. The van der Waals surface area contributed by atoms with Gasteiger partial charge in [0.15, 0.2) is 5.82 Å². The number of hydrogen-bond donors (Lipinski definition) is 0. The molecule has 2 aromatic rings. The van der Waals surface area contributed by atoms with Crippen molar-refractivity contribution in [3.63, 3.8) is 0 Å². The minimum atomic E-state index is 0.580. The van der Waals surface area contributed by atoms with Crippen molar-refractivity contribution in [3.8, 4) is 5.75 Å². The minimum absolute atomic E-state index is 0.580. The molecule has 0 unspecified atom stereocenters. The van der Waals surface area contributed by atoms with E-state index in [1.165, 1.54) is 19.3 Å². The summed E-state index contributed by atoms with van der Waals surface area (Å²) >= 11 is 0. The second-order valence-corrected chi connectivity index (χ2v) is 7.18. The lowest BCUT2D eigenvalue weighted by Crippen LogP contribution is -2.34. The van der Waals surface area contributed by atoms with Crippen LogP contribution in [0.4, 0.5) is 5.82 Å². The third-order valence-corrected chi connectivity index (χ3v) is 5.03. The molecule has 0 spiro atoms. The number of benzene rings is 1. The molecule has 150 valence electrons. The molecule has 0 radical (unpaired) electrons. The molecule has 1 saturated heterocycles. The smallest absolute Gasteiger partial charge is 0.151 e. The highest BCUT2D eigenvalue weighted by molar-refractivity contribution is 5.79. The molecule has 0 atom stereocenters. The number of aromatic nitrogens is 2. The molecule has 1 aromatic carbocycles. The van der Waals surface area contributed by atoms with Crippen molar-refractivity contribution in [1.29, 1.82) is 0 Å². The van der Waals surface area contributed by atoms with Crippen LogP contribution in [0.3, 0.4) is 0 Å². The van der Waals surface area contributed by atoms with Crippen molar-refractivity contribution in [2.45, 2.75) is 39.5 Å². The van der Waals surface area contributed by atoms with Gasteiger partial charge in [-0.25, -0.2) is 0 Å². The first-order chi connectivity index (χ1) is 13.7. The zero-order chi connectivity index (χ0) is 19.6. The molecule has 2 heterocycles. The predicted molar refractivity (Wildman–Crippen MR) is 112 cm³/mol. The van der Waals surface area contributed by atoms with Crippen LogP contribution in [-0.2, 0) is 4.84 Å². The van der Waals surface area contributed by atoms with Gasteiger partial charge in [0, 0.05) is 13.1 Å². The normalized spacial score (nSPS) is 15.1. The van der Waals surface area contributed by atoms with E-state index >= 15 is 0 Å². The Morgan fingerprint density at radius 1 is 1.11 bits per heavy atom. The van der Waals surface area contributed by atoms with Gasteiger partial charge in [-0.1, -0.05) is 5.16 Å². The summed E-state index contributed by atoms with van der Waals surface area (Å²) in [5.74, 6) is 2.68. The van der Waals surface area contributed by atoms with Gasteiger partial charge in [-0.2, -0.15) is 5.10 Å². The van der Waals surface area contributed by atoms with Gasteiger partial charge in [-0.15, -0.1) is 5.10 Å². The largest absolute Gasteiger partial charge is 0.494 e. The topological polar surface area (TPSA) is 59.8 Å². The van der Waals surface area contributed by atoms with Crippen LogP contribution in [0.15, 0.2) is 41.6 Å². The van der Waals surface area contributed by atoms with Crippen molar-refractivity contribution in [2.75, 3.05) is 31.2 Å². The number of piperidine rings is 1. The summed E-state index contributed by atoms with van der Waals surface area (Å²) in [5, 5.41) is 12.3. The average Bonchev–Trinajstić information content (AvgIpc) is 2.73. The molecule has 0 bridgehead atoms. The monoisotopic (exact) mass is 382 g/mol. The standard InChI is InChI=1S/C22H30N4O2/c1-3-28-23-17-20-7-9-21(10-8-20)27-16-4-5-19-12-14-26(15-13-19)22-11-6-18(2)24-25-22/h6-11,17,19H,3-5,12-16H2,1-2H3/b23-17+. The highest BCUT2D eigenvalue weighted by Gasteiger charge is 2.20. The molecule has 0 saturated carbocycles. The number of oxime groups is 1. The van der Waals surface area contributed by atoms with Crippen LogP contribution in [0.5, 0.6) is 5.75 Å². The molecular weight excluding hydrogens is 352 g/mol. The van der Waals surface area contributed by atoms with Crippen LogP contribution in [-0.4, -0.2) is 42.7 Å². The Kier molecular flexibility index (Phi) is 7.64. The van der Waals surface area contributed by atoms with E-state index in [4.69, 9.17) is 9.57 Å². The van der Waals surface area contributed by atoms with Gasteiger partial charge in [0.25, 0.3) is 0 Å². The molecule has 6 heteroatoms. The molecule has 1 aliphatic heterocycles. The van der Waals surface area contributed by atoms with Crippen molar-refractivity contribution < 1.29 is 9.57 Å². The summed E-state index contributed by atoms with van der Waals surface area (Å²) in [7, 11) is 0. The van der Waals surface area contributed by atoms with Gasteiger partial charge in [-0.3, -0.25) is 0 Å². The maximum Gasteiger partial charge on any atom is 0.151 e. The number of aryl methyl sites for hydroxylation is 1. The molecule has 1 aliphatic rings. The second-order valence-electron chi connectivity index (χ2n) is 7.18. The highest BCUT2D eigenvalue weighted by atomic mass is 16.6.